The molecule has 2 aliphatic rings. The van der Waals surface area contributed by atoms with E-state index in [1.807, 2.05) is 0 Å². The molecule has 0 radical (unpaired) electrons. The summed E-state index contributed by atoms with van der Waals surface area (Å²) >= 11 is 3.28. The topological polar surface area (TPSA) is 101 Å². The summed E-state index contributed by atoms with van der Waals surface area (Å²) in [5, 5.41) is 0. The highest BCUT2D eigenvalue weighted by molar-refractivity contribution is 9.10. The first-order valence-corrected chi connectivity index (χ1v) is 11.5. The smallest absolute Gasteiger partial charge is 0.261 e. The minimum Gasteiger partial charge on any atom is -0.383 e. The quantitative estimate of drug-likeness (QED) is 0.550. The maximum Gasteiger partial charge on any atom is 0.261 e. The van der Waals surface area contributed by atoms with Gasteiger partial charge in [0.25, 0.3) is 11.8 Å². The highest BCUT2D eigenvalue weighted by Gasteiger charge is 2.37. The number of nitrogens with zero attached hydrogens (tertiary/aromatic N) is 2. The number of sulfone groups is 1. The predicted molar refractivity (Wildman–Crippen MR) is 105 cm³/mol. The van der Waals surface area contributed by atoms with E-state index in [1.54, 1.807) is 18.2 Å². The molecule has 2 heterocycles. The number of imide groups is 1. The molecule has 0 spiro atoms. The molecule has 0 saturated carbocycles. The van der Waals surface area contributed by atoms with Crippen LogP contribution < -0.4 is 0 Å². The summed E-state index contributed by atoms with van der Waals surface area (Å²) in [4.78, 5) is 40.3. The van der Waals surface area contributed by atoms with Gasteiger partial charge in [-0.15, -0.1) is 0 Å². The van der Waals surface area contributed by atoms with Crippen molar-refractivity contribution >= 4 is 43.5 Å². The molecule has 1 atom stereocenters. The van der Waals surface area contributed by atoms with Crippen LogP contribution in [0.3, 0.4) is 0 Å². The number of benzene rings is 1. The summed E-state index contributed by atoms with van der Waals surface area (Å²) in [6.45, 7) is 0.500. The van der Waals surface area contributed by atoms with Gasteiger partial charge >= 0.3 is 0 Å². The Bertz CT molecular complexity index is 917. The molecule has 152 valence electrons. The van der Waals surface area contributed by atoms with Gasteiger partial charge in [-0.1, -0.05) is 15.9 Å². The molecule has 28 heavy (non-hydrogen) atoms. The van der Waals surface area contributed by atoms with Gasteiger partial charge in [-0.05, 0) is 24.6 Å². The van der Waals surface area contributed by atoms with Gasteiger partial charge < -0.3 is 9.64 Å². The number of methoxy groups -OCH3 is 1. The SMILES string of the molecule is COCCN(C(=O)CCN1C(=O)c2ccc(Br)cc2C1=O)C1CCS(=O)(=O)C1. The van der Waals surface area contributed by atoms with E-state index >= 15 is 0 Å². The third kappa shape index (κ3) is 4.28. The molecule has 10 heteroatoms. The third-order valence-electron chi connectivity index (χ3n) is 4.99. The summed E-state index contributed by atoms with van der Waals surface area (Å²) in [5.74, 6) is -1.16. The van der Waals surface area contributed by atoms with Gasteiger partial charge in [-0.3, -0.25) is 19.3 Å². The number of amides is 3. The van der Waals surface area contributed by atoms with E-state index in [-0.39, 0.29) is 43.5 Å². The molecule has 3 rings (SSSR count). The Morgan fingerprint density at radius 2 is 2.00 bits per heavy atom. The van der Waals surface area contributed by atoms with Crippen molar-refractivity contribution < 1.29 is 27.5 Å². The highest BCUT2D eigenvalue weighted by Crippen LogP contribution is 2.26. The maximum absolute atomic E-state index is 12.8. The lowest BCUT2D eigenvalue weighted by Crippen LogP contribution is -2.44. The van der Waals surface area contributed by atoms with Crippen LogP contribution in [-0.4, -0.2) is 80.3 Å². The Balaban J connectivity index is 1.68. The van der Waals surface area contributed by atoms with Crippen molar-refractivity contribution in [3.63, 3.8) is 0 Å². The van der Waals surface area contributed by atoms with Gasteiger partial charge in [0.1, 0.15) is 0 Å². The number of ether oxygens (including phenoxy) is 1. The average Bonchev–Trinajstić information content (AvgIpc) is 3.11. The molecule has 1 saturated heterocycles. The van der Waals surface area contributed by atoms with Crippen molar-refractivity contribution in [2.45, 2.75) is 18.9 Å². The molecule has 1 unspecified atom stereocenters. The Hall–Kier alpha value is -1.78. The van der Waals surface area contributed by atoms with E-state index in [4.69, 9.17) is 4.74 Å². The van der Waals surface area contributed by atoms with Crippen LogP contribution in [0.15, 0.2) is 22.7 Å². The molecule has 0 aromatic heterocycles. The van der Waals surface area contributed by atoms with E-state index < -0.39 is 27.7 Å². The van der Waals surface area contributed by atoms with Crippen molar-refractivity contribution in [3.8, 4) is 0 Å². The van der Waals surface area contributed by atoms with Crippen molar-refractivity contribution in [1.82, 2.24) is 9.80 Å². The van der Waals surface area contributed by atoms with Crippen LogP contribution in [0, 0.1) is 0 Å². The number of carbonyl (C=O) groups excluding carboxylic acids is 3. The Morgan fingerprint density at radius 1 is 1.29 bits per heavy atom. The first-order chi connectivity index (χ1) is 13.2. The average molecular weight is 473 g/mol. The van der Waals surface area contributed by atoms with E-state index in [1.165, 1.54) is 12.0 Å². The van der Waals surface area contributed by atoms with Gasteiger partial charge in [-0.25, -0.2) is 8.42 Å². The molecule has 1 aromatic rings. The molecule has 3 amide bonds. The second kappa shape index (κ2) is 8.30. The summed E-state index contributed by atoms with van der Waals surface area (Å²) in [5.41, 5.74) is 0.628. The van der Waals surface area contributed by atoms with E-state index in [0.29, 0.717) is 22.0 Å². The van der Waals surface area contributed by atoms with Crippen LogP contribution in [0.1, 0.15) is 33.6 Å². The molecule has 2 aliphatic heterocycles. The standard InChI is InChI=1S/C18H21BrN2O6S/c1-27-8-7-20(13-5-9-28(25,26)11-13)16(22)4-6-21-17(23)14-3-2-12(19)10-15(14)18(21)24/h2-3,10,13H,4-9,11H2,1H3. The molecular formula is C18H21BrN2O6S. The van der Waals surface area contributed by atoms with E-state index in [0.717, 1.165) is 4.90 Å². The normalized spacial score (nSPS) is 20.5. The zero-order chi connectivity index (χ0) is 20.5. The minimum atomic E-state index is -3.15. The second-order valence-corrected chi connectivity index (χ2v) is 9.98. The number of hydrogen-bond acceptors (Lipinski definition) is 6. The molecular weight excluding hydrogens is 452 g/mol. The number of hydrogen-bond donors (Lipinski definition) is 0. The minimum absolute atomic E-state index is 0.0499. The summed E-state index contributed by atoms with van der Waals surface area (Å²) in [6, 6.07) is 4.46. The first kappa shape index (κ1) is 20.9. The van der Waals surface area contributed by atoms with Crippen LogP contribution in [0.4, 0.5) is 0 Å². The van der Waals surface area contributed by atoms with Crippen molar-refractivity contribution in [3.05, 3.63) is 33.8 Å². The largest absolute Gasteiger partial charge is 0.383 e. The molecule has 1 fully saturated rings. The Morgan fingerprint density at radius 3 is 2.64 bits per heavy atom. The maximum atomic E-state index is 12.8. The molecule has 0 N–H and O–H groups in total. The number of halogens is 1. The predicted octanol–water partition coefficient (Wildman–Crippen LogP) is 1.10. The van der Waals surface area contributed by atoms with Gasteiger partial charge in [-0.2, -0.15) is 0 Å². The lowest BCUT2D eigenvalue weighted by molar-refractivity contribution is -0.133. The van der Waals surface area contributed by atoms with Crippen molar-refractivity contribution in [2.75, 3.05) is 38.3 Å². The first-order valence-electron chi connectivity index (χ1n) is 8.88. The Kier molecular flexibility index (Phi) is 6.21. The third-order valence-corrected chi connectivity index (χ3v) is 7.23. The molecule has 1 aromatic carbocycles. The lowest BCUT2D eigenvalue weighted by atomic mass is 10.1. The van der Waals surface area contributed by atoms with Crippen LogP contribution in [0.2, 0.25) is 0 Å². The zero-order valence-corrected chi connectivity index (χ0v) is 17.8. The number of carbonyl (C=O) groups is 3. The van der Waals surface area contributed by atoms with Gasteiger partial charge in [0.2, 0.25) is 5.91 Å². The van der Waals surface area contributed by atoms with Crippen molar-refractivity contribution in [2.24, 2.45) is 0 Å². The van der Waals surface area contributed by atoms with Crippen LogP contribution in [0.5, 0.6) is 0 Å². The van der Waals surface area contributed by atoms with E-state index in [2.05, 4.69) is 15.9 Å². The summed E-state index contributed by atoms with van der Waals surface area (Å²) in [6.07, 6.45) is 0.325. The fraction of sp³-hybridized carbons (Fsp3) is 0.500. The fourth-order valence-corrected chi connectivity index (χ4v) is 5.63. The van der Waals surface area contributed by atoms with Crippen LogP contribution in [-0.2, 0) is 19.4 Å². The highest BCUT2D eigenvalue weighted by atomic mass is 79.9. The number of rotatable bonds is 7. The molecule has 8 nitrogen and oxygen atoms in total. The van der Waals surface area contributed by atoms with Gasteiger partial charge in [0, 0.05) is 37.1 Å². The number of fused-ring (bicyclic) bond motifs is 1. The zero-order valence-electron chi connectivity index (χ0n) is 15.4. The van der Waals surface area contributed by atoms with E-state index in [9.17, 15) is 22.8 Å². The van der Waals surface area contributed by atoms with Crippen molar-refractivity contribution in [1.29, 1.82) is 0 Å². The molecule has 0 aliphatic carbocycles. The monoisotopic (exact) mass is 472 g/mol. The Labute approximate surface area is 171 Å². The summed E-state index contributed by atoms with van der Waals surface area (Å²) in [7, 11) is -1.64. The fourth-order valence-electron chi connectivity index (χ4n) is 3.54. The second-order valence-electron chi connectivity index (χ2n) is 6.84. The van der Waals surface area contributed by atoms with Crippen LogP contribution >= 0.6 is 15.9 Å². The van der Waals surface area contributed by atoms with Crippen LogP contribution in [0.25, 0.3) is 0 Å². The van der Waals surface area contributed by atoms with Gasteiger partial charge in [0.15, 0.2) is 9.84 Å². The van der Waals surface area contributed by atoms with Gasteiger partial charge in [0.05, 0.1) is 29.2 Å². The summed E-state index contributed by atoms with van der Waals surface area (Å²) < 4.78 is 29.3. The molecule has 0 bridgehead atoms. The lowest BCUT2D eigenvalue weighted by Gasteiger charge is -2.28.